The van der Waals surface area contributed by atoms with Crippen molar-refractivity contribution in [1.29, 1.82) is 0 Å². The first-order valence-electron chi connectivity index (χ1n) is 13.6. The predicted octanol–water partition coefficient (Wildman–Crippen LogP) is 4.98. The van der Waals surface area contributed by atoms with E-state index in [0.29, 0.717) is 29.4 Å². The molecule has 3 rings (SSSR count). The molecule has 1 N–H and O–H groups in total. The van der Waals surface area contributed by atoms with E-state index in [0.717, 1.165) is 22.5 Å². The van der Waals surface area contributed by atoms with E-state index < -0.39 is 28.5 Å². The molecule has 2 atom stereocenters. The molecule has 0 aliphatic rings. The molecule has 0 aliphatic carbocycles. The summed E-state index contributed by atoms with van der Waals surface area (Å²) in [4.78, 5) is 28.6. The van der Waals surface area contributed by atoms with Crippen molar-refractivity contribution in [3.05, 3.63) is 84.4 Å². The number of amides is 2. The van der Waals surface area contributed by atoms with Gasteiger partial charge in [-0.3, -0.25) is 13.9 Å². The quantitative estimate of drug-likeness (QED) is 0.288. The zero-order chi connectivity index (χ0) is 30.0. The minimum absolute atomic E-state index is 0.0707. The van der Waals surface area contributed by atoms with Crippen LogP contribution in [0.25, 0.3) is 0 Å². The SMILES string of the molecule is CC[C@@H](C)NC(=O)[C@@H](CC)N(Cc1ccc(OC)cc1)C(=O)CN(c1ccc(Oc2ccccc2)cc1)S(C)(=O)=O. The zero-order valence-electron chi connectivity index (χ0n) is 24.2. The van der Waals surface area contributed by atoms with Gasteiger partial charge in [-0.05, 0) is 73.9 Å². The summed E-state index contributed by atoms with van der Waals surface area (Å²) in [6.07, 6.45) is 2.14. The second-order valence-corrected chi connectivity index (χ2v) is 11.7. The molecule has 0 spiro atoms. The van der Waals surface area contributed by atoms with Crippen molar-refractivity contribution in [3.8, 4) is 17.2 Å². The van der Waals surface area contributed by atoms with Gasteiger partial charge in [0.2, 0.25) is 21.8 Å². The summed E-state index contributed by atoms with van der Waals surface area (Å²) in [5, 5.41) is 2.96. The second-order valence-electron chi connectivity index (χ2n) is 9.79. The Kier molecular flexibility index (Phi) is 11.2. The fourth-order valence-corrected chi connectivity index (χ4v) is 5.06. The molecule has 220 valence electrons. The van der Waals surface area contributed by atoms with Crippen LogP contribution in [0.2, 0.25) is 0 Å². The molecule has 0 saturated carbocycles. The van der Waals surface area contributed by atoms with Gasteiger partial charge < -0.3 is 19.7 Å². The molecule has 10 heteroatoms. The molecule has 2 amide bonds. The Labute approximate surface area is 243 Å². The lowest BCUT2D eigenvalue weighted by atomic mass is 10.1. The molecule has 3 aromatic carbocycles. The summed E-state index contributed by atoms with van der Waals surface area (Å²) in [7, 11) is -2.28. The summed E-state index contributed by atoms with van der Waals surface area (Å²) < 4.78 is 37.9. The van der Waals surface area contributed by atoms with Crippen molar-refractivity contribution in [1.82, 2.24) is 10.2 Å². The average molecular weight is 582 g/mol. The molecular weight excluding hydrogens is 542 g/mol. The Morgan fingerprint density at radius 2 is 1.44 bits per heavy atom. The Hall–Kier alpha value is -4.05. The van der Waals surface area contributed by atoms with Crippen LogP contribution in [-0.2, 0) is 26.2 Å². The molecule has 9 nitrogen and oxygen atoms in total. The lowest BCUT2D eigenvalue weighted by Crippen LogP contribution is -2.53. The molecule has 3 aromatic rings. The number of hydrogen-bond donors (Lipinski definition) is 1. The number of para-hydroxylation sites is 1. The number of nitrogens with zero attached hydrogens (tertiary/aromatic N) is 2. The van der Waals surface area contributed by atoms with E-state index in [2.05, 4.69) is 5.32 Å². The van der Waals surface area contributed by atoms with Crippen LogP contribution >= 0.6 is 0 Å². The van der Waals surface area contributed by atoms with Crippen molar-refractivity contribution < 1.29 is 27.5 Å². The van der Waals surface area contributed by atoms with E-state index in [-0.39, 0.29) is 18.5 Å². The van der Waals surface area contributed by atoms with E-state index in [4.69, 9.17) is 9.47 Å². The third-order valence-corrected chi connectivity index (χ3v) is 7.82. The number of sulfonamides is 1. The van der Waals surface area contributed by atoms with E-state index in [1.807, 2.05) is 63.2 Å². The highest BCUT2D eigenvalue weighted by molar-refractivity contribution is 7.92. The zero-order valence-corrected chi connectivity index (χ0v) is 25.1. The average Bonchev–Trinajstić information content (AvgIpc) is 2.96. The number of benzene rings is 3. The monoisotopic (exact) mass is 581 g/mol. The van der Waals surface area contributed by atoms with Crippen molar-refractivity contribution in [2.75, 3.05) is 24.2 Å². The Morgan fingerprint density at radius 3 is 1.98 bits per heavy atom. The highest BCUT2D eigenvalue weighted by Crippen LogP contribution is 2.26. The standard InChI is InChI=1S/C31H39N3O6S/c1-6-23(3)32-31(36)29(7-2)33(21-24-13-17-26(39-4)18-14-24)30(35)22-34(41(5,37)38)25-15-19-28(20-16-25)40-27-11-9-8-10-12-27/h8-20,23,29H,6-7,21-22H2,1-5H3,(H,32,36)/t23-,29-/m1/s1. The van der Waals surface area contributed by atoms with Crippen LogP contribution in [0.3, 0.4) is 0 Å². The van der Waals surface area contributed by atoms with Gasteiger partial charge in [0.1, 0.15) is 29.8 Å². The van der Waals surface area contributed by atoms with Gasteiger partial charge >= 0.3 is 0 Å². The normalized spacial score (nSPS) is 12.6. The summed E-state index contributed by atoms with van der Waals surface area (Å²) in [5.41, 5.74) is 1.09. The fraction of sp³-hybridized carbons (Fsp3) is 0.355. The van der Waals surface area contributed by atoms with Crippen LogP contribution in [-0.4, -0.2) is 57.1 Å². The number of hydrogen-bond acceptors (Lipinski definition) is 6. The maximum atomic E-state index is 13.9. The second kappa shape index (κ2) is 14.5. The van der Waals surface area contributed by atoms with E-state index in [1.54, 1.807) is 43.5 Å². The van der Waals surface area contributed by atoms with Crippen molar-refractivity contribution in [2.45, 2.75) is 52.2 Å². The molecule has 41 heavy (non-hydrogen) atoms. The van der Waals surface area contributed by atoms with Gasteiger partial charge in [-0.15, -0.1) is 0 Å². The lowest BCUT2D eigenvalue weighted by Gasteiger charge is -2.33. The molecule has 0 aromatic heterocycles. The van der Waals surface area contributed by atoms with Crippen molar-refractivity contribution in [2.24, 2.45) is 0 Å². The third-order valence-electron chi connectivity index (χ3n) is 6.68. The molecule has 0 saturated heterocycles. The summed E-state index contributed by atoms with van der Waals surface area (Å²) in [6.45, 7) is 5.34. The van der Waals surface area contributed by atoms with Crippen LogP contribution in [0.4, 0.5) is 5.69 Å². The molecule has 0 heterocycles. The number of carbonyl (C=O) groups is 2. The van der Waals surface area contributed by atoms with Gasteiger partial charge in [0.15, 0.2) is 0 Å². The third kappa shape index (κ3) is 8.97. The van der Waals surface area contributed by atoms with Crippen molar-refractivity contribution >= 4 is 27.5 Å². The van der Waals surface area contributed by atoms with Crippen LogP contribution in [0.1, 0.15) is 39.2 Å². The number of carbonyl (C=O) groups excluding carboxylic acids is 2. The highest BCUT2D eigenvalue weighted by atomic mass is 32.2. The van der Waals surface area contributed by atoms with Gasteiger partial charge in [-0.25, -0.2) is 8.42 Å². The Morgan fingerprint density at radius 1 is 0.854 bits per heavy atom. The summed E-state index contributed by atoms with van der Waals surface area (Å²) in [6, 6.07) is 22.0. The van der Waals surface area contributed by atoms with Gasteiger partial charge in [-0.1, -0.05) is 44.2 Å². The lowest BCUT2D eigenvalue weighted by molar-refractivity contribution is -0.140. The van der Waals surface area contributed by atoms with E-state index >= 15 is 0 Å². The van der Waals surface area contributed by atoms with Crippen LogP contribution in [0.15, 0.2) is 78.9 Å². The number of anilines is 1. The van der Waals surface area contributed by atoms with Crippen LogP contribution in [0, 0.1) is 0 Å². The molecule has 0 aliphatic heterocycles. The molecule has 0 unspecified atom stereocenters. The number of ether oxygens (including phenoxy) is 2. The Balaban J connectivity index is 1.89. The summed E-state index contributed by atoms with van der Waals surface area (Å²) in [5.74, 6) is 1.05. The minimum Gasteiger partial charge on any atom is -0.497 e. The van der Waals surface area contributed by atoms with Crippen LogP contribution in [0.5, 0.6) is 17.2 Å². The maximum Gasteiger partial charge on any atom is 0.244 e. The number of methoxy groups -OCH3 is 1. The first kappa shape index (κ1) is 31.5. The smallest absolute Gasteiger partial charge is 0.244 e. The van der Waals surface area contributed by atoms with Gasteiger partial charge in [0, 0.05) is 12.6 Å². The largest absolute Gasteiger partial charge is 0.497 e. The fourth-order valence-electron chi connectivity index (χ4n) is 4.21. The van der Waals surface area contributed by atoms with Crippen LogP contribution < -0.4 is 19.1 Å². The molecule has 0 radical (unpaired) electrons. The van der Waals surface area contributed by atoms with Crippen molar-refractivity contribution in [3.63, 3.8) is 0 Å². The van der Waals surface area contributed by atoms with E-state index in [1.165, 1.54) is 4.90 Å². The van der Waals surface area contributed by atoms with Gasteiger partial charge in [0.25, 0.3) is 0 Å². The van der Waals surface area contributed by atoms with E-state index in [9.17, 15) is 18.0 Å². The van der Waals surface area contributed by atoms with Gasteiger partial charge in [0.05, 0.1) is 19.1 Å². The topological polar surface area (TPSA) is 105 Å². The number of nitrogens with one attached hydrogen (secondary N) is 1. The number of rotatable bonds is 14. The first-order valence-corrected chi connectivity index (χ1v) is 15.4. The Bertz CT molecular complexity index is 1380. The molecule has 0 bridgehead atoms. The first-order chi connectivity index (χ1) is 19.5. The highest BCUT2D eigenvalue weighted by Gasteiger charge is 2.32. The van der Waals surface area contributed by atoms with Gasteiger partial charge in [-0.2, -0.15) is 0 Å². The minimum atomic E-state index is -3.85. The predicted molar refractivity (Wildman–Crippen MR) is 161 cm³/mol. The molecule has 0 fully saturated rings. The molecular formula is C31H39N3O6S. The maximum absolute atomic E-state index is 13.9. The summed E-state index contributed by atoms with van der Waals surface area (Å²) >= 11 is 0.